The molecule has 0 aliphatic heterocycles. The van der Waals surface area contributed by atoms with E-state index in [-0.39, 0.29) is 31.7 Å². The minimum absolute atomic E-state index is 0.00453. The Morgan fingerprint density at radius 3 is 2.19 bits per heavy atom. The van der Waals surface area contributed by atoms with Crippen molar-refractivity contribution in [2.24, 2.45) is 0 Å². The summed E-state index contributed by atoms with van der Waals surface area (Å²) in [5, 5.41) is 12.1. The predicted octanol–water partition coefficient (Wildman–Crippen LogP) is 4.41. The van der Waals surface area contributed by atoms with Crippen molar-refractivity contribution in [2.45, 2.75) is 6.18 Å². The lowest BCUT2D eigenvalue weighted by molar-refractivity contribution is -0.137. The van der Waals surface area contributed by atoms with Gasteiger partial charge in [-0.15, -0.1) is 0 Å². The zero-order valence-corrected chi connectivity index (χ0v) is 12.9. The van der Waals surface area contributed by atoms with Gasteiger partial charge in [0.25, 0.3) is 0 Å². The van der Waals surface area contributed by atoms with Crippen LogP contribution in [0.15, 0.2) is 16.6 Å². The van der Waals surface area contributed by atoms with Crippen LogP contribution < -0.4 is 5.73 Å². The Morgan fingerprint density at radius 2 is 1.81 bits per heavy atom. The molecular formula is C11H4BrCl2F3N4. The maximum absolute atomic E-state index is 12.7. The van der Waals surface area contributed by atoms with E-state index in [1.165, 1.54) is 0 Å². The van der Waals surface area contributed by atoms with Crippen molar-refractivity contribution in [2.75, 3.05) is 5.73 Å². The van der Waals surface area contributed by atoms with Crippen LogP contribution in [-0.2, 0) is 6.18 Å². The normalized spacial score (nSPS) is 11.5. The number of rotatable bonds is 1. The molecule has 1 heterocycles. The van der Waals surface area contributed by atoms with Crippen LogP contribution in [0.5, 0.6) is 0 Å². The Balaban J connectivity index is 2.70. The van der Waals surface area contributed by atoms with Gasteiger partial charge in [0.2, 0.25) is 0 Å². The van der Waals surface area contributed by atoms with Crippen LogP contribution in [0.4, 0.5) is 19.0 Å². The molecule has 0 atom stereocenters. The molecule has 2 aromatic rings. The first-order chi connectivity index (χ1) is 9.66. The minimum atomic E-state index is -4.58. The topological polar surface area (TPSA) is 67.6 Å². The fourth-order valence-electron chi connectivity index (χ4n) is 1.59. The Bertz CT molecular complexity index is 741. The average Bonchev–Trinajstić information content (AvgIpc) is 2.65. The molecule has 1 aromatic heterocycles. The number of aromatic nitrogens is 2. The lowest BCUT2D eigenvalue weighted by atomic mass is 10.2. The predicted molar refractivity (Wildman–Crippen MR) is 75.4 cm³/mol. The molecule has 0 unspecified atom stereocenters. The van der Waals surface area contributed by atoms with E-state index in [9.17, 15) is 13.2 Å². The fourth-order valence-corrected chi connectivity index (χ4v) is 2.57. The standard InChI is InChI=1S/C11H4BrCl2F3N4/c12-8-7(3-18)20-21(10(8)19)9-5(13)1-4(2-6(9)14)11(15,16)17/h1-2H,19H2. The maximum Gasteiger partial charge on any atom is 0.416 e. The number of nitrogens with two attached hydrogens (primary N) is 1. The van der Waals surface area contributed by atoms with Gasteiger partial charge in [-0.3, -0.25) is 0 Å². The lowest BCUT2D eigenvalue weighted by Gasteiger charge is -2.13. The SMILES string of the molecule is N#Cc1nn(-c2c(Cl)cc(C(F)(F)F)cc2Cl)c(N)c1Br. The summed E-state index contributed by atoms with van der Waals surface area (Å²) in [7, 11) is 0. The number of nitrogens with zero attached hydrogens (tertiary/aromatic N) is 3. The summed E-state index contributed by atoms with van der Waals surface area (Å²) >= 11 is 14.8. The first-order valence-electron chi connectivity index (χ1n) is 5.17. The van der Waals surface area contributed by atoms with Crippen molar-refractivity contribution in [3.63, 3.8) is 0 Å². The summed E-state index contributed by atoms with van der Waals surface area (Å²) < 4.78 is 39.2. The lowest BCUT2D eigenvalue weighted by Crippen LogP contribution is -2.08. The molecular weight excluding hydrogens is 396 g/mol. The number of halogens is 6. The van der Waals surface area contributed by atoms with Gasteiger partial charge in [0, 0.05) is 0 Å². The second-order valence-corrected chi connectivity index (χ2v) is 5.47. The third-order valence-corrected chi connectivity index (χ3v) is 3.88. The van der Waals surface area contributed by atoms with E-state index in [1.807, 2.05) is 0 Å². The molecule has 0 saturated heterocycles. The molecule has 1 aromatic carbocycles. The van der Waals surface area contributed by atoms with Crippen LogP contribution >= 0.6 is 39.1 Å². The summed E-state index contributed by atoms with van der Waals surface area (Å²) in [5.74, 6) is -0.00453. The van der Waals surface area contributed by atoms with Gasteiger partial charge in [-0.2, -0.15) is 23.5 Å². The van der Waals surface area contributed by atoms with Crippen LogP contribution in [0.2, 0.25) is 10.0 Å². The van der Waals surface area contributed by atoms with Crippen molar-refractivity contribution in [3.05, 3.63) is 37.9 Å². The molecule has 2 rings (SSSR count). The minimum Gasteiger partial charge on any atom is -0.383 e. The third-order valence-electron chi connectivity index (χ3n) is 2.52. The van der Waals surface area contributed by atoms with Crippen LogP contribution in [0, 0.1) is 11.3 Å². The first-order valence-corrected chi connectivity index (χ1v) is 6.72. The molecule has 0 bridgehead atoms. The van der Waals surface area contributed by atoms with Crippen LogP contribution in [0.1, 0.15) is 11.3 Å². The summed E-state index contributed by atoms with van der Waals surface area (Å²) in [6.45, 7) is 0. The van der Waals surface area contributed by atoms with Crippen molar-refractivity contribution >= 4 is 44.9 Å². The molecule has 0 spiro atoms. The van der Waals surface area contributed by atoms with Gasteiger partial charge in [-0.05, 0) is 28.1 Å². The molecule has 10 heteroatoms. The van der Waals surface area contributed by atoms with E-state index in [0.29, 0.717) is 12.1 Å². The molecule has 0 fully saturated rings. The van der Waals surface area contributed by atoms with Gasteiger partial charge in [-0.25, -0.2) is 4.68 Å². The quantitative estimate of drug-likeness (QED) is 0.771. The molecule has 0 amide bonds. The van der Waals surface area contributed by atoms with Crippen molar-refractivity contribution < 1.29 is 13.2 Å². The highest BCUT2D eigenvalue weighted by Crippen LogP contribution is 2.39. The highest BCUT2D eigenvalue weighted by atomic mass is 79.9. The smallest absolute Gasteiger partial charge is 0.383 e. The number of benzene rings is 1. The van der Waals surface area contributed by atoms with Gasteiger partial charge in [0.15, 0.2) is 5.69 Å². The van der Waals surface area contributed by atoms with Crippen LogP contribution in [-0.4, -0.2) is 9.78 Å². The summed E-state index contributed by atoms with van der Waals surface area (Å²) in [6.07, 6.45) is -4.58. The van der Waals surface area contributed by atoms with Gasteiger partial charge in [-0.1, -0.05) is 23.2 Å². The van der Waals surface area contributed by atoms with E-state index in [2.05, 4.69) is 21.0 Å². The largest absolute Gasteiger partial charge is 0.416 e. The number of anilines is 1. The third kappa shape index (κ3) is 2.81. The number of nitriles is 1. The monoisotopic (exact) mass is 398 g/mol. The summed E-state index contributed by atoms with van der Waals surface area (Å²) in [5.41, 5.74) is 4.66. The highest BCUT2D eigenvalue weighted by Gasteiger charge is 2.32. The Hall–Kier alpha value is -1.43. The maximum atomic E-state index is 12.7. The molecule has 0 saturated carbocycles. The Morgan fingerprint density at radius 1 is 1.29 bits per heavy atom. The number of hydrogen-bond donors (Lipinski definition) is 1. The van der Waals surface area contributed by atoms with E-state index in [0.717, 1.165) is 4.68 Å². The van der Waals surface area contributed by atoms with Crippen LogP contribution in [0.25, 0.3) is 5.69 Å². The molecule has 2 N–H and O–H groups in total. The summed E-state index contributed by atoms with van der Waals surface area (Å²) in [6, 6.07) is 3.20. The summed E-state index contributed by atoms with van der Waals surface area (Å²) in [4.78, 5) is 0. The van der Waals surface area contributed by atoms with Gasteiger partial charge in [0.1, 0.15) is 17.6 Å². The van der Waals surface area contributed by atoms with E-state index >= 15 is 0 Å². The molecule has 0 aliphatic carbocycles. The number of hydrogen-bond acceptors (Lipinski definition) is 3. The van der Waals surface area contributed by atoms with E-state index < -0.39 is 11.7 Å². The molecule has 21 heavy (non-hydrogen) atoms. The van der Waals surface area contributed by atoms with Crippen molar-refractivity contribution in [3.8, 4) is 11.8 Å². The first kappa shape index (κ1) is 15.9. The van der Waals surface area contributed by atoms with E-state index in [4.69, 9.17) is 34.2 Å². The molecule has 0 aliphatic rings. The number of nitrogen functional groups attached to an aromatic ring is 1. The zero-order chi connectivity index (χ0) is 15.9. The van der Waals surface area contributed by atoms with Crippen molar-refractivity contribution in [1.29, 1.82) is 5.26 Å². The van der Waals surface area contributed by atoms with Crippen LogP contribution in [0.3, 0.4) is 0 Å². The highest BCUT2D eigenvalue weighted by molar-refractivity contribution is 9.10. The molecule has 0 radical (unpaired) electrons. The fraction of sp³-hybridized carbons (Fsp3) is 0.0909. The van der Waals surface area contributed by atoms with Crippen molar-refractivity contribution in [1.82, 2.24) is 9.78 Å². The van der Waals surface area contributed by atoms with Gasteiger partial charge < -0.3 is 5.73 Å². The van der Waals surface area contributed by atoms with Gasteiger partial charge >= 0.3 is 6.18 Å². The Labute approximate surface area is 135 Å². The average molecular weight is 400 g/mol. The second-order valence-electron chi connectivity index (χ2n) is 3.86. The molecule has 110 valence electrons. The second kappa shape index (κ2) is 5.40. The Kier molecular flexibility index (Phi) is 4.10. The number of alkyl halides is 3. The molecule has 4 nitrogen and oxygen atoms in total. The zero-order valence-electron chi connectivity index (χ0n) is 9.84. The van der Waals surface area contributed by atoms with E-state index in [1.54, 1.807) is 6.07 Å². The van der Waals surface area contributed by atoms with Gasteiger partial charge in [0.05, 0.1) is 20.1 Å².